The molecule has 0 heterocycles. The molecule has 0 aromatic carbocycles. The van der Waals surface area contributed by atoms with Crippen LogP contribution < -0.4 is 5.73 Å². The van der Waals surface area contributed by atoms with Gasteiger partial charge in [0.2, 0.25) is 5.91 Å². The SMILES string of the molecule is CCCCN(CCOC)C(=O)C1(N)CCCC1. The van der Waals surface area contributed by atoms with Crippen LogP contribution in [0.3, 0.4) is 0 Å². The van der Waals surface area contributed by atoms with Crippen LogP contribution in [0.25, 0.3) is 0 Å². The van der Waals surface area contributed by atoms with Crippen LogP contribution in [0.1, 0.15) is 45.4 Å². The van der Waals surface area contributed by atoms with Crippen molar-refractivity contribution in [2.75, 3.05) is 26.8 Å². The first-order valence-electron chi connectivity index (χ1n) is 6.71. The van der Waals surface area contributed by atoms with E-state index in [4.69, 9.17) is 10.5 Å². The third-order valence-electron chi connectivity index (χ3n) is 3.56. The summed E-state index contributed by atoms with van der Waals surface area (Å²) in [5.41, 5.74) is 5.62. The van der Waals surface area contributed by atoms with Crippen LogP contribution in [0.4, 0.5) is 0 Å². The second kappa shape index (κ2) is 6.97. The molecule has 0 aromatic heterocycles. The fraction of sp³-hybridized carbons (Fsp3) is 0.923. The van der Waals surface area contributed by atoms with Gasteiger partial charge in [-0.15, -0.1) is 0 Å². The molecule has 0 saturated heterocycles. The Morgan fingerprint density at radius 2 is 2.00 bits per heavy atom. The number of hydrogen-bond donors (Lipinski definition) is 1. The Morgan fingerprint density at radius 3 is 2.53 bits per heavy atom. The summed E-state index contributed by atoms with van der Waals surface area (Å²) in [4.78, 5) is 14.3. The molecule has 1 rings (SSSR count). The molecule has 0 atom stereocenters. The Hall–Kier alpha value is -0.610. The van der Waals surface area contributed by atoms with Crippen molar-refractivity contribution < 1.29 is 9.53 Å². The maximum absolute atomic E-state index is 12.4. The predicted molar refractivity (Wildman–Crippen MR) is 68.8 cm³/mol. The largest absolute Gasteiger partial charge is 0.383 e. The molecule has 100 valence electrons. The molecule has 0 aromatic rings. The summed E-state index contributed by atoms with van der Waals surface area (Å²) in [6, 6.07) is 0. The van der Waals surface area contributed by atoms with Gasteiger partial charge in [0.1, 0.15) is 0 Å². The zero-order valence-corrected chi connectivity index (χ0v) is 11.2. The number of methoxy groups -OCH3 is 1. The molecule has 4 nitrogen and oxygen atoms in total. The molecule has 4 heteroatoms. The Balaban J connectivity index is 2.57. The van der Waals surface area contributed by atoms with E-state index in [9.17, 15) is 4.79 Å². The number of rotatable bonds is 7. The van der Waals surface area contributed by atoms with Gasteiger partial charge in [-0.1, -0.05) is 26.2 Å². The van der Waals surface area contributed by atoms with Crippen molar-refractivity contribution in [3.05, 3.63) is 0 Å². The van der Waals surface area contributed by atoms with E-state index < -0.39 is 5.54 Å². The van der Waals surface area contributed by atoms with Gasteiger partial charge in [0.25, 0.3) is 0 Å². The van der Waals surface area contributed by atoms with E-state index >= 15 is 0 Å². The van der Waals surface area contributed by atoms with Gasteiger partial charge in [0.15, 0.2) is 0 Å². The number of unbranched alkanes of at least 4 members (excludes halogenated alkanes) is 1. The van der Waals surface area contributed by atoms with Crippen molar-refractivity contribution in [2.24, 2.45) is 5.73 Å². The molecule has 0 spiro atoms. The number of ether oxygens (including phenoxy) is 1. The molecule has 1 aliphatic rings. The Bertz CT molecular complexity index is 230. The van der Waals surface area contributed by atoms with E-state index in [1.165, 1.54) is 0 Å². The second-order valence-corrected chi connectivity index (χ2v) is 5.00. The number of carbonyl (C=O) groups excluding carboxylic acids is 1. The van der Waals surface area contributed by atoms with Gasteiger partial charge in [-0.25, -0.2) is 0 Å². The van der Waals surface area contributed by atoms with Gasteiger partial charge in [-0.3, -0.25) is 4.79 Å². The Morgan fingerprint density at radius 1 is 1.35 bits per heavy atom. The van der Waals surface area contributed by atoms with Crippen molar-refractivity contribution in [3.8, 4) is 0 Å². The van der Waals surface area contributed by atoms with Crippen molar-refractivity contribution >= 4 is 5.91 Å². The molecule has 17 heavy (non-hydrogen) atoms. The quantitative estimate of drug-likeness (QED) is 0.736. The first kappa shape index (κ1) is 14.5. The fourth-order valence-corrected chi connectivity index (χ4v) is 2.40. The average Bonchev–Trinajstić information content (AvgIpc) is 2.77. The van der Waals surface area contributed by atoms with Crippen molar-refractivity contribution in [3.63, 3.8) is 0 Å². The highest BCUT2D eigenvalue weighted by Gasteiger charge is 2.39. The van der Waals surface area contributed by atoms with Gasteiger partial charge in [0, 0.05) is 20.2 Å². The van der Waals surface area contributed by atoms with Crippen LogP contribution in [-0.4, -0.2) is 43.2 Å². The first-order chi connectivity index (χ1) is 8.14. The topological polar surface area (TPSA) is 55.6 Å². The zero-order chi connectivity index (χ0) is 12.7. The summed E-state index contributed by atoms with van der Waals surface area (Å²) in [5.74, 6) is 0.125. The van der Waals surface area contributed by atoms with Crippen LogP contribution in [0.5, 0.6) is 0 Å². The number of amides is 1. The maximum Gasteiger partial charge on any atom is 0.242 e. The standard InChI is InChI=1S/C13H26N2O2/c1-3-4-9-15(10-11-17-2)12(16)13(14)7-5-6-8-13/h3-11,14H2,1-2H3. The van der Waals surface area contributed by atoms with Gasteiger partial charge in [0.05, 0.1) is 12.1 Å². The molecule has 1 fully saturated rings. The molecule has 0 unspecified atom stereocenters. The minimum Gasteiger partial charge on any atom is -0.383 e. The lowest BCUT2D eigenvalue weighted by Crippen LogP contribution is -2.54. The number of nitrogens with two attached hydrogens (primary N) is 1. The summed E-state index contributed by atoms with van der Waals surface area (Å²) < 4.78 is 5.06. The van der Waals surface area contributed by atoms with Crippen molar-refractivity contribution in [1.29, 1.82) is 0 Å². The smallest absolute Gasteiger partial charge is 0.242 e. The maximum atomic E-state index is 12.4. The van der Waals surface area contributed by atoms with E-state index in [1.54, 1.807) is 7.11 Å². The normalized spacial score (nSPS) is 18.3. The predicted octanol–water partition coefficient (Wildman–Crippen LogP) is 1.53. The highest BCUT2D eigenvalue weighted by atomic mass is 16.5. The molecule has 2 N–H and O–H groups in total. The molecule has 0 bridgehead atoms. The molecule has 0 radical (unpaired) electrons. The zero-order valence-electron chi connectivity index (χ0n) is 11.2. The van der Waals surface area contributed by atoms with E-state index in [0.29, 0.717) is 13.2 Å². The molecule has 1 saturated carbocycles. The second-order valence-electron chi connectivity index (χ2n) is 5.00. The van der Waals surface area contributed by atoms with E-state index in [0.717, 1.165) is 45.1 Å². The number of nitrogens with zero attached hydrogens (tertiary/aromatic N) is 1. The average molecular weight is 242 g/mol. The van der Waals surface area contributed by atoms with E-state index in [-0.39, 0.29) is 5.91 Å². The number of carbonyl (C=O) groups is 1. The summed E-state index contributed by atoms with van der Waals surface area (Å²) in [7, 11) is 1.66. The van der Waals surface area contributed by atoms with E-state index in [1.807, 2.05) is 4.90 Å². The summed E-state index contributed by atoms with van der Waals surface area (Å²) in [6.45, 7) is 4.18. The van der Waals surface area contributed by atoms with Crippen LogP contribution in [0, 0.1) is 0 Å². The minimum absolute atomic E-state index is 0.125. The lowest BCUT2D eigenvalue weighted by molar-refractivity contribution is -0.137. The lowest BCUT2D eigenvalue weighted by atomic mass is 9.97. The van der Waals surface area contributed by atoms with Crippen LogP contribution in [0.15, 0.2) is 0 Å². The lowest BCUT2D eigenvalue weighted by Gasteiger charge is -2.31. The minimum atomic E-state index is -0.596. The van der Waals surface area contributed by atoms with Gasteiger partial charge in [-0.05, 0) is 19.3 Å². The Labute approximate surface area is 104 Å². The Kier molecular flexibility index (Phi) is 5.92. The molecule has 1 amide bonds. The van der Waals surface area contributed by atoms with Crippen LogP contribution in [0.2, 0.25) is 0 Å². The molecular formula is C13H26N2O2. The summed E-state index contributed by atoms with van der Waals surface area (Å²) in [6.07, 6.45) is 5.95. The van der Waals surface area contributed by atoms with Crippen LogP contribution in [-0.2, 0) is 9.53 Å². The third-order valence-corrected chi connectivity index (χ3v) is 3.56. The molecule has 1 aliphatic carbocycles. The highest BCUT2D eigenvalue weighted by molar-refractivity contribution is 5.86. The molecular weight excluding hydrogens is 216 g/mol. The third kappa shape index (κ3) is 3.96. The molecule has 0 aliphatic heterocycles. The monoisotopic (exact) mass is 242 g/mol. The van der Waals surface area contributed by atoms with Crippen molar-refractivity contribution in [1.82, 2.24) is 4.90 Å². The fourth-order valence-electron chi connectivity index (χ4n) is 2.40. The van der Waals surface area contributed by atoms with Crippen LogP contribution >= 0.6 is 0 Å². The van der Waals surface area contributed by atoms with Crippen molar-refractivity contribution in [2.45, 2.75) is 51.0 Å². The highest BCUT2D eigenvalue weighted by Crippen LogP contribution is 2.29. The summed E-state index contributed by atoms with van der Waals surface area (Å²) in [5, 5.41) is 0. The van der Waals surface area contributed by atoms with E-state index in [2.05, 4.69) is 6.92 Å². The first-order valence-corrected chi connectivity index (χ1v) is 6.71. The van der Waals surface area contributed by atoms with Gasteiger partial charge in [-0.2, -0.15) is 0 Å². The summed E-state index contributed by atoms with van der Waals surface area (Å²) >= 11 is 0. The van der Waals surface area contributed by atoms with Gasteiger partial charge < -0.3 is 15.4 Å². The van der Waals surface area contributed by atoms with Gasteiger partial charge >= 0.3 is 0 Å². The number of hydrogen-bond acceptors (Lipinski definition) is 3.